The number of nitriles is 1. The Morgan fingerprint density at radius 3 is 2.52 bits per heavy atom. The molecule has 0 N–H and O–H groups in total. The Balaban J connectivity index is 0.000000221. The van der Waals surface area contributed by atoms with Gasteiger partial charge in [0, 0.05) is 30.4 Å². The molecule has 4 rings (SSSR count). The summed E-state index contributed by atoms with van der Waals surface area (Å²) in [5.41, 5.74) is 2.93. The van der Waals surface area contributed by atoms with E-state index in [2.05, 4.69) is 16.0 Å². The third-order valence-corrected chi connectivity index (χ3v) is 4.64. The molecule has 0 unspecified atom stereocenters. The first kappa shape index (κ1) is 18.7. The number of hydrogen-bond donors (Lipinski definition) is 0. The maximum atomic E-state index is 12.3. The monoisotopic (exact) mass is 364 g/mol. The molecule has 0 atom stereocenters. The minimum absolute atomic E-state index is 0.421. The van der Waals surface area contributed by atoms with Crippen LogP contribution in [-0.2, 0) is 0 Å². The van der Waals surface area contributed by atoms with Crippen LogP contribution in [0.2, 0.25) is 0 Å². The van der Waals surface area contributed by atoms with Gasteiger partial charge >= 0.3 is 0 Å². The summed E-state index contributed by atoms with van der Waals surface area (Å²) in [7, 11) is 2.03. The number of fused-ring (bicyclic) bond motifs is 1. The number of nitrogens with zero attached hydrogens (tertiary/aromatic N) is 4. The van der Waals surface area contributed by atoms with Crippen LogP contribution in [0.1, 0.15) is 28.9 Å². The van der Waals surface area contributed by atoms with E-state index in [4.69, 9.17) is 5.26 Å². The van der Waals surface area contributed by atoms with E-state index in [-0.39, 0.29) is 0 Å². The van der Waals surface area contributed by atoms with Gasteiger partial charge in [-0.05, 0) is 56.3 Å². The van der Waals surface area contributed by atoms with Crippen LogP contribution in [0.25, 0.3) is 16.6 Å². The molecule has 0 spiro atoms. The van der Waals surface area contributed by atoms with Gasteiger partial charge in [-0.2, -0.15) is 5.26 Å². The molecule has 1 aliphatic rings. The fourth-order valence-electron chi connectivity index (χ4n) is 3.01. The molecular weight excluding hydrogens is 343 g/mol. The lowest BCUT2D eigenvalue weighted by atomic mass is 10.1. The van der Waals surface area contributed by atoms with Gasteiger partial charge in [0.25, 0.3) is 0 Å². The summed E-state index contributed by atoms with van der Waals surface area (Å²) < 4.78 is 14.3. The van der Waals surface area contributed by atoms with Crippen LogP contribution in [-0.4, -0.2) is 47.0 Å². The first-order chi connectivity index (χ1) is 13.1. The van der Waals surface area contributed by atoms with Gasteiger partial charge in [0.1, 0.15) is 11.9 Å². The Labute approximate surface area is 157 Å². The molecule has 0 radical (unpaired) electrons. The summed E-state index contributed by atoms with van der Waals surface area (Å²) in [5.74, 6) is 0. The Kier molecular flexibility index (Phi) is 5.94. The number of pyridine rings is 1. The van der Waals surface area contributed by atoms with Crippen molar-refractivity contribution in [3.05, 3.63) is 60.0 Å². The smallest absolute Gasteiger partial charge is 0.168 e. The van der Waals surface area contributed by atoms with Crippen LogP contribution in [0, 0.1) is 11.3 Å². The van der Waals surface area contributed by atoms with Crippen molar-refractivity contribution in [3.63, 3.8) is 0 Å². The highest BCUT2D eigenvalue weighted by Crippen LogP contribution is 2.20. The zero-order valence-corrected chi connectivity index (χ0v) is 15.2. The summed E-state index contributed by atoms with van der Waals surface area (Å²) in [6, 6.07) is 13.1. The number of alkyl halides is 1. The van der Waals surface area contributed by atoms with Gasteiger partial charge in [-0.15, -0.1) is 0 Å². The van der Waals surface area contributed by atoms with Crippen molar-refractivity contribution in [2.45, 2.75) is 19.0 Å². The molecule has 138 valence electrons. The number of hydrogen-bond acceptors (Lipinski definition) is 4. The second-order valence-electron chi connectivity index (χ2n) is 6.61. The van der Waals surface area contributed by atoms with Gasteiger partial charge < -0.3 is 9.47 Å². The fourth-order valence-corrected chi connectivity index (χ4v) is 3.01. The molecule has 6 heteroatoms. The van der Waals surface area contributed by atoms with E-state index in [0.717, 1.165) is 48.8 Å². The number of halogens is 1. The lowest BCUT2D eigenvalue weighted by Crippen LogP contribution is -2.30. The highest BCUT2D eigenvalue weighted by molar-refractivity contribution is 5.86. The zero-order valence-electron chi connectivity index (χ0n) is 15.2. The number of carbonyl (C=O) groups is 1. The van der Waals surface area contributed by atoms with Gasteiger partial charge in [-0.25, -0.2) is 4.39 Å². The highest BCUT2D eigenvalue weighted by Gasteiger charge is 2.14. The number of aldehydes is 1. The van der Waals surface area contributed by atoms with Crippen LogP contribution < -0.4 is 0 Å². The number of rotatable bonds is 2. The Morgan fingerprint density at radius 1 is 1.22 bits per heavy atom. The molecule has 1 aromatic carbocycles. The fraction of sp³-hybridized carbons (Fsp3) is 0.286. The van der Waals surface area contributed by atoms with Crippen LogP contribution in [0.5, 0.6) is 0 Å². The molecule has 3 heterocycles. The average Bonchev–Trinajstić information content (AvgIpc) is 3.14. The van der Waals surface area contributed by atoms with Gasteiger partial charge in [0.15, 0.2) is 6.29 Å². The third-order valence-electron chi connectivity index (χ3n) is 4.64. The molecule has 0 saturated carbocycles. The normalized spacial score (nSPS) is 15.0. The van der Waals surface area contributed by atoms with Crippen LogP contribution in [0.3, 0.4) is 0 Å². The number of carbonyl (C=O) groups excluding carboxylic acids is 1. The maximum Gasteiger partial charge on any atom is 0.168 e. The number of piperidine rings is 1. The molecule has 5 nitrogen and oxygen atoms in total. The second-order valence-corrected chi connectivity index (χ2v) is 6.61. The lowest BCUT2D eigenvalue weighted by molar-refractivity contribution is 0.111. The first-order valence-electron chi connectivity index (χ1n) is 8.86. The van der Waals surface area contributed by atoms with Crippen LogP contribution in [0.4, 0.5) is 4.39 Å². The topological polar surface area (TPSA) is 61.9 Å². The van der Waals surface area contributed by atoms with Crippen molar-refractivity contribution in [1.29, 1.82) is 5.26 Å². The van der Waals surface area contributed by atoms with E-state index in [1.807, 2.05) is 36.0 Å². The zero-order chi connectivity index (χ0) is 19.2. The predicted octanol–water partition coefficient (Wildman–Crippen LogP) is 3.76. The van der Waals surface area contributed by atoms with Crippen molar-refractivity contribution >= 4 is 17.2 Å². The van der Waals surface area contributed by atoms with Crippen molar-refractivity contribution in [2.24, 2.45) is 0 Å². The number of aromatic nitrogens is 2. The van der Waals surface area contributed by atoms with Crippen molar-refractivity contribution in [2.75, 3.05) is 20.1 Å². The first-order valence-corrected chi connectivity index (χ1v) is 8.86. The van der Waals surface area contributed by atoms with Gasteiger partial charge in [-0.3, -0.25) is 9.78 Å². The minimum atomic E-state index is -0.522. The minimum Gasteiger partial charge on any atom is -0.315 e. The molecule has 1 fully saturated rings. The Bertz CT molecular complexity index is 940. The number of likely N-dealkylation sites (tertiary alicyclic amines) is 1. The van der Waals surface area contributed by atoms with E-state index in [1.165, 1.54) is 0 Å². The molecule has 2 aromatic heterocycles. The SMILES string of the molecule is CN1CCC(F)CC1.N#Cc1ccc(-n2ccc3cc(C=O)ncc32)cc1. The van der Waals surface area contributed by atoms with E-state index >= 15 is 0 Å². The third kappa shape index (κ3) is 4.57. The highest BCUT2D eigenvalue weighted by atomic mass is 19.1. The van der Waals surface area contributed by atoms with Crippen molar-refractivity contribution in [3.8, 4) is 11.8 Å². The van der Waals surface area contributed by atoms with Crippen molar-refractivity contribution < 1.29 is 9.18 Å². The van der Waals surface area contributed by atoms with Gasteiger partial charge in [-0.1, -0.05) is 0 Å². The maximum absolute atomic E-state index is 12.3. The van der Waals surface area contributed by atoms with Crippen LogP contribution >= 0.6 is 0 Å². The molecule has 1 aliphatic heterocycles. The largest absolute Gasteiger partial charge is 0.315 e. The molecule has 0 amide bonds. The standard InChI is InChI=1S/C15H9N3O.C6H12FN/c16-8-11-1-3-14(4-2-11)18-6-5-12-7-13(10-19)17-9-15(12)18;1-8-4-2-6(7)3-5-8/h1-7,9-10H;6H,2-5H2,1H3. The van der Waals surface area contributed by atoms with Crippen molar-refractivity contribution in [1.82, 2.24) is 14.5 Å². The molecular formula is C21H21FN4O. The molecule has 1 saturated heterocycles. The summed E-state index contributed by atoms with van der Waals surface area (Å²) >= 11 is 0. The van der Waals surface area contributed by atoms with Gasteiger partial charge in [0.05, 0.1) is 23.3 Å². The summed E-state index contributed by atoms with van der Waals surface area (Å²) in [4.78, 5) is 16.9. The van der Waals surface area contributed by atoms with E-state index in [1.54, 1.807) is 24.4 Å². The Morgan fingerprint density at radius 2 is 1.93 bits per heavy atom. The summed E-state index contributed by atoms with van der Waals surface area (Å²) in [6.45, 7) is 1.86. The molecule has 0 bridgehead atoms. The lowest BCUT2D eigenvalue weighted by Gasteiger charge is -2.23. The molecule has 27 heavy (non-hydrogen) atoms. The van der Waals surface area contributed by atoms with Crippen LogP contribution in [0.15, 0.2) is 48.8 Å². The summed E-state index contributed by atoms with van der Waals surface area (Å²) in [6.07, 6.45) is 5.27. The quantitative estimate of drug-likeness (QED) is 0.650. The molecule has 0 aliphatic carbocycles. The number of benzene rings is 1. The van der Waals surface area contributed by atoms with E-state index < -0.39 is 6.17 Å². The van der Waals surface area contributed by atoms with E-state index in [9.17, 15) is 9.18 Å². The molecule has 3 aromatic rings. The predicted molar refractivity (Wildman–Crippen MR) is 103 cm³/mol. The van der Waals surface area contributed by atoms with E-state index in [0.29, 0.717) is 11.3 Å². The second kappa shape index (κ2) is 8.56. The Hall–Kier alpha value is -3.04. The summed E-state index contributed by atoms with van der Waals surface area (Å²) in [5, 5.41) is 9.75. The van der Waals surface area contributed by atoms with Gasteiger partial charge in [0.2, 0.25) is 0 Å². The average molecular weight is 364 g/mol.